The molecule has 252 valence electrons. The van der Waals surface area contributed by atoms with E-state index in [0.29, 0.717) is 23.9 Å². The van der Waals surface area contributed by atoms with Crippen LogP contribution in [-0.4, -0.2) is 25.2 Å². The molecule has 0 unspecified atom stereocenters. The molecular formula is C39H66O4S. The molecule has 0 heterocycles. The van der Waals surface area contributed by atoms with Crippen molar-refractivity contribution in [2.75, 3.05) is 13.2 Å². The molecule has 0 aromatic heterocycles. The highest BCUT2D eigenvalue weighted by molar-refractivity contribution is 8.03. The maximum atomic E-state index is 12.9. The van der Waals surface area contributed by atoms with Crippen LogP contribution in [0, 0.1) is 0 Å². The fraction of sp³-hybridized carbons (Fsp3) is 0.744. The molecule has 1 aromatic carbocycles. The molecule has 0 bridgehead atoms. The zero-order valence-corrected chi connectivity index (χ0v) is 29.4. The number of benzene rings is 1. The Hall–Kier alpha value is -1.75. The minimum atomic E-state index is -0.453. The maximum Gasteiger partial charge on any atom is 0.344 e. The van der Waals surface area contributed by atoms with Crippen LogP contribution in [0.25, 0.3) is 0 Å². The third-order valence-electron chi connectivity index (χ3n) is 8.16. The highest BCUT2D eigenvalue weighted by atomic mass is 32.2. The summed E-state index contributed by atoms with van der Waals surface area (Å²) in [5.74, 6) is -0.269. The average Bonchev–Trinajstić information content (AvgIpc) is 3.04. The van der Waals surface area contributed by atoms with Crippen LogP contribution >= 0.6 is 11.8 Å². The molecule has 0 spiro atoms. The molecule has 0 aliphatic heterocycles. The molecule has 0 saturated heterocycles. The van der Waals surface area contributed by atoms with Gasteiger partial charge in [-0.05, 0) is 18.4 Å². The van der Waals surface area contributed by atoms with E-state index in [1.807, 2.05) is 30.3 Å². The van der Waals surface area contributed by atoms with Gasteiger partial charge >= 0.3 is 11.9 Å². The number of carbonyl (C=O) groups excluding carboxylic acids is 2. The minimum Gasteiger partial charge on any atom is -0.462 e. The molecule has 1 aromatic rings. The van der Waals surface area contributed by atoms with Crippen LogP contribution < -0.4 is 0 Å². The molecule has 0 atom stereocenters. The Morgan fingerprint density at radius 2 is 0.932 bits per heavy atom. The van der Waals surface area contributed by atoms with Gasteiger partial charge in [-0.15, -0.1) is 11.8 Å². The Morgan fingerprint density at radius 3 is 1.36 bits per heavy atom. The summed E-state index contributed by atoms with van der Waals surface area (Å²) < 4.78 is 11.0. The summed E-state index contributed by atoms with van der Waals surface area (Å²) in [4.78, 5) is 25.7. The Balaban J connectivity index is 2.24. The summed E-state index contributed by atoms with van der Waals surface area (Å²) in [5, 5.41) is 0. The molecule has 5 heteroatoms. The molecule has 44 heavy (non-hydrogen) atoms. The first-order chi connectivity index (χ1) is 21.7. The third kappa shape index (κ3) is 25.6. The third-order valence-corrected chi connectivity index (χ3v) is 9.23. The smallest absolute Gasteiger partial charge is 0.344 e. The quantitative estimate of drug-likeness (QED) is 0.0464. The van der Waals surface area contributed by atoms with Gasteiger partial charge in [0.2, 0.25) is 0 Å². The molecule has 0 amide bonds. The Bertz CT molecular complexity index is 823. The zero-order chi connectivity index (χ0) is 31.8. The van der Waals surface area contributed by atoms with Crippen molar-refractivity contribution in [1.29, 1.82) is 0 Å². The maximum absolute atomic E-state index is 12.9. The number of unbranched alkanes of at least 4 members (excludes halogenated alkanes) is 22. The van der Waals surface area contributed by atoms with E-state index in [9.17, 15) is 9.59 Å². The van der Waals surface area contributed by atoms with Crippen LogP contribution in [0.1, 0.15) is 174 Å². The van der Waals surface area contributed by atoms with E-state index in [0.717, 1.165) is 31.2 Å². The van der Waals surface area contributed by atoms with Gasteiger partial charge in [-0.1, -0.05) is 185 Å². The number of ether oxygens (including phenoxy) is 2. The molecule has 0 radical (unpaired) electrons. The van der Waals surface area contributed by atoms with Gasteiger partial charge in [0.1, 0.15) is 4.91 Å². The van der Waals surface area contributed by atoms with Crippen LogP contribution in [0.5, 0.6) is 0 Å². The molecule has 1 rings (SSSR count). The normalized spacial score (nSPS) is 11.5. The first-order valence-corrected chi connectivity index (χ1v) is 19.4. The van der Waals surface area contributed by atoms with Crippen molar-refractivity contribution in [2.45, 2.75) is 174 Å². The van der Waals surface area contributed by atoms with Crippen LogP contribution in [0.15, 0.2) is 41.3 Å². The second-order valence-electron chi connectivity index (χ2n) is 12.4. The molecule has 4 nitrogen and oxygen atoms in total. The highest BCUT2D eigenvalue weighted by Crippen LogP contribution is 2.23. The van der Waals surface area contributed by atoms with Crippen molar-refractivity contribution >= 4 is 23.7 Å². The fourth-order valence-electron chi connectivity index (χ4n) is 5.34. The van der Waals surface area contributed by atoms with Gasteiger partial charge < -0.3 is 9.47 Å². The van der Waals surface area contributed by atoms with Crippen molar-refractivity contribution < 1.29 is 19.1 Å². The Morgan fingerprint density at radius 1 is 0.545 bits per heavy atom. The monoisotopic (exact) mass is 630 g/mol. The van der Waals surface area contributed by atoms with E-state index >= 15 is 0 Å². The number of carbonyl (C=O) groups is 2. The lowest BCUT2D eigenvalue weighted by molar-refractivity contribution is -0.140. The summed E-state index contributed by atoms with van der Waals surface area (Å²) in [7, 11) is 0. The molecule has 0 aliphatic carbocycles. The van der Waals surface area contributed by atoms with E-state index in [2.05, 4.69) is 13.8 Å². The van der Waals surface area contributed by atoms with Gasteiger partial charge in [0.15, 0.2) is 0 Å². The standard InChI is InChI=1S/C39H66O4S/c1-3-5-7-9-11-13-15-17-19-21-23-28-32-42-38(40)34-37(44-35-36-30-26-25-27-31-36)39(41)43-33-29-24-22-20-18-16-14-12-10-8-6-4-2/h25-27,30-31,34H,3-24,28-29,32-33,35H2,1-2H3/b37-34+. The van der Waals surface area contributed by atoms with Crippen molar-refractivity contribution in [2.24, 2.45) is 0 Å². The second-order valence-corrected chi connectivity index (χ2v) is 13.4. The number of esters is 2. The van der Waals surface area contributed by atoms with E-state index in [4.69, 9.17) is 9.47 Å². The van der Waals surface area contributed by atoms with Crippen LogP contribution in [-0.2, 0) is 24.8 Å². The largest absolute Gasteiger partial charge is 0.462 e. The summed E-state index contributed by atoms with van der Waals surface area (Å²) in [6.45, 7) is 5.32. The van der Waals surface area contributed by atoms with Crippen molar-refractivity contribution in [3.63, 3.8) is 0 Å². The van der Waals surface area contributed by atoms with Crippen LogP contribution in [0.4, 0.5) is 0 Å². The molecule has 0 fully saturated rings. The van der Waals surface area contributed by atoms with Gasteiger partial charge in [-0.25, -0.2) is 9.59 Å². The highest BCUT2D eigenvalue weighted by Gasteiger charge is 2.15. The SMILES string of the molecule is CCCCCCCCCCCCCCOC(=O)/C=C(/SCc1ccccc1)C(=O)OCCCCCCCCCCCCCC. The Kier molecular flexibility index (Phi) is 28.6. The van der Waals surface area contributed by atoms with E-state index in [1.54, 1.807) is 0 Å². The van der Waals surface area contributed by atoms with Gasteiger partial charge in [0, 0.05) is 11.8 Å². The Labute approximate surface area is 275 Å². The lowest BCUT2D eigenvalue weighted by Gasteiger charge is -2.09. The average molecular weight is 631 g/mol. The number of hydrogen-bond donors (Lipinski definition) is 0. The molecule has 0 saturated carbocycles. The van der Waals surface area contributed by atoms with Crippen LogP contribution in [0.3, 0.4) is 0 Å². The lowest BCUT2D eigenvalue weighted by Crippen LogP contribution is -2.11. The van der Waals surface area contributed by atoms with Crippen molar-refractivity contribution in [1.82, 2.24) is 0 Å². The number of thioether (sulfide) groups is 1. The first kappa shape index (κ1) is 40.3. The summed E-state index contributed by atoms with van der Waals surface area (Å²) in [5.41, 5.74) is 1.10. The predicted octanol–water partition coefficient (Wildman–Crippen LogP) is 12.3. The van der Waals surface area contributed by atoms with Gasteiger partial charge in [0.05, 0.1) is 13.2 Å². The molecular weight excluding hydrogens is 564 g/mol. The van der Waals surface area contributed by atoms with Gasteiger partial charge in [-0.3, -0.25) is 0 Å². The topological polar surface area (TPSA) is 52.6 Å². The fourth-order valence-corrected chi connectivity index (χ4v) is 6.21. The summed E-state index contributed by atoms with van der Waals surface area (Å²) in [6.07, 6.45) is 31.8. The van der Waals surface area contributed by atoms with E-state index in [-0.39, 0.29) is 0 Å². The number of hydrogen-bond acceptors (Lipinski definition) is 5. The predicted molar refractivity (Wildman–Crippen MR) is 190 cm³/mol. The summed E-state index contributed by atoms with van der Waals surface area (Å²) >= 11 is 1.34. The molecule has 0 N–H and O–H groups in total. The number of rotatable bonds is 31. The molecule has 0 aliphatic rings. The second kappa shape index (κ2) is 31.2. The zero-order valence-electron chi connectivity index (χ0n) is 28.6. The minimum absolute atomic E-state index is 0.326. The van der Waals surface area contributed by atoms with Crippen molar-refractivity contribution in [3.8, 4) is 0 Å². The first-order valence-electron chi connectivity index (χ1n) is 18.4. The van der Waals surface area contributed by atoms with Crippen molar-refractivity contribution in [3.05, 3.63) is 46.9 Å². The van der Waals surface area contributed by atoms with E-state index in [1.165, 1.54) is 146 Å². The van der Waals surface area contributed by atoms with E-state index < -0.39 is 11.9 Å². The summed E-state index contributed by atoms with van der Waals surface area (Å²) in [6, 6.07) is 9.98. The van der Waals surface area contributed by atoms with Gasteiger partial charge in [-0.2, -0.15) is 0 Å². The van der Waals surface area contributed by atoms with Gasteiger partial charge in [0.25, 0.3) is 0 Å². The lowest BCUT2D eigenvalue weighted by atomic mass is 10.1. The van der Waals surface area contributed by atoms with Crippen LogP contribution in [0.2, 0.25) is 0 Å².